The monoisotopic (exact) mass is 255 g/mol. The van der Waals surface area contributed by atoms with Crippen molar-refractivity contribution in [3.8, 4) is 0 Å². The predicted molar refractivity (Wildman–Crippen MR) is 71.1 cm³/mol. The first kappa shape index (κ1) is 13.8. The number of hydrogen-bond donors (Lipinski definition) is 1. The van der Waals surface area contributed by atoms with E-state index in [1.165, 1.54) is 0 Å². The quantitative estimate of drug-likeness (QED) is 0.898. The van der Waals surface area contributed by atoms with Gasteiger partial charge in [0.15, 0.2) is 0 Å². The van der Waals surface area contributed by atoms with Crippen LogP contribution in [0.1, 0.15) is 31.1 Å². The molecule has 94 valence electrons. The summed E-state index contributed by atoms with van der Waals surface area (Å²) in [6.07, 6.45) is 0. The van der Waals surface area contributed by atoms with E-state index in [-0.39, 0.29) is 16.0 Å². The summed E-state index contributed by atoms with van der Waals surface area (Å²) in [5.41, 5.74) is 1.24. The van der Waals surface area contributed by atoms with Crippen molar-refractivity contribution in [1.29, 1.82) is 0 Å². The fraction of sp³-hybridized carbons (Fsp3) is 0.462. The van der Waals surface area contributed by atoms with Crippen molar-refractivity contribution in [3.05, 3.63) is 28.8 Å². The number of halogens is 1. The van der Waals surface area contributed by atoms with Gasteiger partial charge in [-0.2, -0.15) is 0 Å². The molecule has 0 atom stereocenters. The Morgan fingerprint density at radius 2 is 2.00 bits per heavy atom. The third-order valence-corrected chi connectivity index (χ3v) is 2.65. The van der Waals surface area contributed by atoms with Crippen LogP contribution in [0.4, 0.5) is 5.69 Å². The van der Waals surface area contributed by atoms with E-state index in [4.69, 9.17) is 16.7 Å². The van der Waals surface area contributed by atoms with Crippen LogP contribution in [0.25, 0.3) is 0 Å². The van der Waals surface area contributed by atoms with Crippen LogP contribution >= 0.6 is 11.6 Å². The summed E-state index contributed by atoms with van der Waals surface area (Å²) in [5, 5.41) is 9.16. The molecular weight excluding hydrogens is 238 g/mol. The lowest BCUT2D eigenvalue weighted by Crippen LogP contribution is -2.29. The van der Waals surface area contributed by atoms with Crippen LogP contribution in [-0.2, 0) is 0 Å². The van der Waals surface area contributed by atoms with E-state index >= 15 is 0 Å². The van der Waals surface area contributed by atoms with E-state index < -0.39 is 5.97 Å². The van der Waals surface area contributed by atoms with Gasteiger partial charge >= 0.3 is 5.97 Å². The first-order valence-electron chi connectivity index (χ1n) is 5.45. The maximum atomic E-state index is 10.8. The lowest BCUT2D eigenvalue weighted by Gasteiger charge is -2.28. The average Bonchev–Trinajstić information content (AvgIpc) is 2.14. The molecule has 0 saturated carbocycles. The summed E-state index contributed by atoms with van der Waals surface area (Å²) in [7, 11) is 1.97. The smallest absolute Gasteiger partial charge is 0.337 e. The summed E-state index contributed by atoms with van der Waals surface area (Å²) in [4.78, 5) is 12.9. The summed E-state index contributed by atoms with van der Waals surface area (Å²) < 4.78 is 0. The van der Waals surface area contributed by atoms with Crippen LogP contribution in [-0.4, -0.2) is 24.7 Å². The normalized spacial score (nSPS) is 11.4. The molecule has 0 aliphatic rings. The van der Waals surface area contributed by atoms with Crippen LogP contribution in [0.2, 0.25) is 5.02 Å². The lowest BCUT2D eigenvalue weighted by molar-refractivity contribution is 0.0697. The highest BCUT2D eigenvalue weighted by Gasteiger charge is 2.15. The van der Waals surface area contributed by atoms with Gasteiger partial charge in [0.2, 0.25) is 0 Å². The molecule has 4 heteroatoms. The Bertz CT molecular complexity index is 424. The van der Waals surface area contributed by atoms with Gasteiger partial charge in [-0.15, -0.1) is 0 Å². The molecule has 0 aliphatic heterocycles. The number of aromatic carboxylic acids is 1. The standard InChI is InChI=1S/C13H18ClNO2/c1-13(2,3)8-15(4)9-5-6-10(12(16)17)11(14)7-9/h5-7H,8H2,1-4H3,(H,16,17). The summed E-state index contributed by atoms with van der Waals surface area (Å²) in [6.45, 7) is 7.32. The Kier molecular flexibility index (Phi) is 4.04. The predicted octanol–water partition coefficient (Wildman–Crippen LogP) is 3.52. The number of carbonyl (C=O) groups is 1. The highest BCUT2D eigenvalue weighted by molar-refractivity contribution is 6.33. The van der Waals surface area contributed by atoms with Crippen molar-refractivity contribution < 1.29 is 9.90 Å². The molecule has 17 heavy (non-hydrogen) atoms. The number of nitrogens with zero attached hydrogens (tertiary/aromatic N) is 1. The van der Waals surface area contributed by atoms with Crippen LogP contribution in [0.3, 0.4) is 0 Å². The highest BCUT2D eigenvalue weighted by Crippen LogP contribution is 2.25. The summed E-state index contributed by atoms with van der Waals surface area (Å²) in [6, 6.07) is 5.01. The van der Waals surface area contributed by atoms with E-state index in [1.807, 2.05) is 7.05 Å². The van der Waals surface area contributed by atoms with Crippen LogP contribution in [0, 0.1) is 5.41 Å². The third kappa shape index (κ3) is 3.93. The van der Waals surface area contributed by atoms with Crippen LogP contribution in [0.5, 0.6) is 0 Å². The largest absolute Gasteiger partial charge is 0.478 e. The topological polar surface area (TPSA) is 40.5 Å². The van der Waals surface area contributed by atoms with Crippen LogP contribution in [0.15, 0.2) is 18.2 Å². The summed E-state index contributed by atoms with van der Waals surface area (Å²) >= 11 is 5.93. The Morgan fingerprint density at radius 1 is 1.41 bits per heavy atom. The number of benzene rings is 1. The second-order valence-electron chi connectivity index (χ2n) is 5.39. The van der Waals surface area contributed by atoms with E-state index in [2.05, 4.69) is 25.7 Å². The molecular formula is C13H18ClNO2. The van der Waals surface area contributed by atoms with Gasteiger partial charge < -0.3 is 10.0 Å². The lowest BCUT2D eigenvalue weighted by atomic mass is 9.96. The minimum absolute atomic E-state index is 0.138. The SMILES string of the molecule is CN(CC(C)(C)C)c1ccc(C(=O)O)c(Cl)c1. The average molecular weight is 256 g/mol. The Hall–Kier alpha value is -1.22. The molecule has 0 aromatic heterocycles. The zero-order valence-electron chi connectivity index (χ0n) is 10.6. The van der Waals surface area contributed by atoms with Gasteiger partial charge in [0.05, 0.1) is 10.6 Å². The number of hydrogen-bond acceptors (Lipinski definition) is 2. The van der Waals surface area contributed by atoms with Gasteiger partial charge in [-0.3, -0.25) is 0 Å². The number of rotatable bonds is 3. The second kappa shape index (κ2) is 4.96. The molecule has 1 N–H and O–H groups in total. The number of carboxylic acid groups (broad SMARTS) is 1. The van der Waals surface area contributed by atoms with Gasteiger partial charge in [-0.1, -0.05) is 32.4 Å². The van der Waals surface area contributed by atoms with Gasteiger partial charge in [-0.05, 0) is 23.6 Å². The maximum Gasteiger partial charge on any atom is 0.337 e. The van der Waals surface area contributed by atoms with Crippen molar-refractivity contribution in [3.63, 3.8) is 0 Å². The Labute approximate surface area is 107 Å². The van der Waals surface area contributed by atoms with Gasteiger partial charge in [0, 0.05) is 19.3 Å². The first-order valence-corrected chi connectivity index (χ1v) is 5.82. The molecule has 1 aromatic rings. The first-order chi connectivity index (χ1) is 7.70. The molecule has 0 amide bonds. The van der Waals surface area contributed by atoms with Gasteiger partial charge in [0.25, 0.3) is 0 Å². The zero-order valence-corrected chi connectivity index (χ0v) is 11.4. The maximum absolute atomic E-state index is 10.8. The fourth-order valence-corrected chi connectivity index (χ4v) is 1.97. The molecule has 0 bridgehead atoms. The third-order valence-electron chi connectivity index (χ3n) is 2.34. The van der Waals surface area contributed by atoms with Crippen molar-refractivity contribution in [2.24, 2.45) is 5.41 Å². The van der Waals surface area contributed by atoms with Crippen molar-refractivity contribution >= 4 is 23.3 Å². The molecule has 0 fully saturated rings. The van der Waals surface area contributed by atoms with E-state index in [9.17, 15) is 4.79 Å². The number of carboxylic acids is 1. The molecule has 1 rings (SSSR count). The van der Waals surface area contributed by atoms with Crippen molar-refractivity contribution in [1.82, 2.24) is 0 Å². The molecule has 0 aliphatic carbocycles. The molecule has 0 heterocycles. The molecule has 0 radical (unpaired) electrons. The fourth-order valence-electron chi connectivity index (χ4n) is 1.72. The van der Waals surface area contributed by atoms with E-state index in [0.717, 1.165) is 12.2 Å². The van der Waals surface area contributed by atoms with Crippen molar-refractivity contribution in [2.45, 2.75) is 20.8 Å². The molecule has 3 nitrogen and oxygen atoms in total. The molecule has 0 spiro atoms. The van der Waals surface area contributed by atoms with Crippen LogP contribution < -0.4 is 4.90 Å². The Balaban J connectivity index is 2.94. The van der Waals surface area contributed by atoms with Gasteiger partial charge in [-0.25, -0.2) is 4.79 Å². The molecule has 0 saturated heterocycles. The van der Waals surface area contributed by atoms with Gasteiger partial charge in [0.1, 0.15) is 0 Å². The molecule has 0 unspecified atom stereocenters. The number of anilines is 1. The summed E-state index contributed by atoms with van der Waals surface area (Å²) in [5.74, 6) is -1.000. The highest BCUT2D eigenvalue weighted by atomic mass is 35.5. The minimum Gasteiger partial charge on any atom is -0.478 e. The van der Waals surface area contributed by atoms with E-state index in [1.54, 1.807) is 18.2 Å². The minimum atomic E-state index is -1.000. The van der Waals surface area contributed by atoms with E-state index in [0.29, 0.717) is 0 Å². The zero-order chi connectivity index (χ0) is 13.2. The van der Waals surface area contributed by atoms with Crippen molar-refractivity contribution in [2.75, 3.05) is 18.5 Å². The Morgan fingerprint density at radius 3 is 2.41 bits per heavy atom. The second-order valence-corrected chi connectivity index (χ2v) is 5.79. The molecule has 1 aromatic carbocycles.